The molecule has 3 N–H and O–H groups in total. The van der Waals surface area contributed by atoms with Crippen LogP contribution in [0.3, 0.4) is 0 Å². The van der Waals surface area contributed by atoms with Gasteiger partial charge in [0.1, 0.15) is 0 Å². The smallest absolute Gasteiger partial charge is 0.257 e. The molecule has 1 aromatic heterocycles. The van der Waals surface area contributed by atoms with Crippen molar-refractivity contribution < 1.29 is 13.5 Å². The zero-order valence-corrected chi connectivity index (χ0v) is 12.0. The van der Waals surface area contributed by atoms with Gasteiger partial charge in [0.15, 0.2) is 5.03 Å². The number of unbranched alkanes of at least 4 members (excludes halogenated alkanes) is 2. The Hall–Kier alpha value is -0.570. The second-order valence-corrected chi connectivity index (χ2v) is 6.52. The highest BCUT2D eigenvalue weighted by Crippen LogP contribution is 2.11. The maximum Gasteiger partial charge on any atom is 0.257 e. The zero-order valence-electron chi connectivity index (χ0n) is 10.3. The summed E-state index contributed by atoms with van der Waals surface area (Å²) < 4.78 is 26.2. The van der Waals surface area contributed by atoms with Crippen LogP contribution in [0.15, 0.2) is 11.2 Å². The molecule has 1 aromatic rings. The van der Waals surface area contributed by atoms with Gasteiger partial charge in [0, 0.05) is 12.1 Å². The van der Waals surface area contributed by atoms with E-state index in [1.54, 1.807) is 11.8 Å². The molecule has 0 aromatic carbocycles. The molecule has 6 nitrogen and oxygen atoms in total. The Morgan fingerprint density at radius 1 is 1.44 bits per heavy atom. The van der Waals surface area contributed by atoms with E-state index in [0.717, 1.165) is 25.0 Å². The van der Waals surface area contributed by atoms with Crippen LogP contribution < -0.4 is 4.72 Å². The lowest BCUT2D eigenvalue weighted by molar-refractivity contribution is 0.278. The van der Waals surface area contributed by atoms with Crippen LogP contribution in [0.5, 0.6) is 0 Å². The average molecular weight is 293 g/mol. The summed E-state index contributed by atoms with van der Waals surface area (Å²) in [7, 11) is -3.59. The number of aromatic nitrogens is 2. The number of rotatable bonds is 9. The largest absolute Gasteiger partial charge is 0.392 e. The number of nitrogens with zero attached hydrogens (tertiary/aromatic N) is 1. The lowest BCUT2D eigenvalue weighted by Crippen LogP contribution is -2.26. The van der Waals surface area contributed by atoms with Crippen molar-refractivity contribution in [3.8, 4) is 0 Å². The van der Waals surface area contributed by atoms with E-state index in [1.807, 2.05) is 0 Å². The molecule has 0 fully saturated rings. The van der Waals surface area contributed by atoms with E-state index >= 15 is 0 Å². The fraction of sp³-hybridized carbons (Fsp3) is 0.700. The summed E-state index contributed by atoms with van der Waals surface area (Å²) in [6.45, 7) is 0.0566. The minimum atomic E-state index is -3.59. The minimum Gasteiger partial charge on any atom is -0.392 e. The Kier molecular flexibility index (Phi) is 6.69. The molecular weight excluding hydrogens is 274 g/mol. The molecule has 8 heteroatoms. The van der Waals surface area contributed by atoms with Crippen molar-refractivity contribution in [3.05, 3.63) is 11.8 Å². The van der Waals surface area contributed by atoms with Crippen LogP contribution in [-0.2, 0) is 16.6 Å². The topological polar surface area (TPSA) is 95.1 Å². The van der Waals surface area contributed by atoms with Gasteiger partial charge in [-0.05, 0) is 24.9 Å². The number of nitrogens with one attached hydrogen (secondary N) is 2. The Morgan fingerprint density at radius 3 is 2.89 bits per heavy atom. The van der Waals surface area contributed by atoms with E-state index in [1.165, 1.54) is 6.20 Å². The summed E-state index contributed by atoms with van der Waals surface area (Å²) >= 11 is 1.79. The van der Waals surface area contributed by atoms with Crippen molar-refractivity contribution in [2.24, 2.45) is 0 Å². The highest BCUT2D eigenvalue weighted by molar-refractivity contribution is 7.98. The summed E-state index contributed by atoms with van der Waals surface area (Å²) in [6.07, 6.45) is 6.26. The third-order valence-corrected chi connectivity index (χ3v) is 4.61. The number of sulfonamides is 1. The normalized spacial score (nSPS) is 11.9. The van der Waals surface area contributed by atoms with Gasteiger partial charge in [-0.1, -0.05) is 6.42 Å². The van der Waals surface area contributed by atoms with Gasteiger partial charge in [-0.25, -0.2) is 13.1 Å². The predicted octanol–water partition coefficient (Wildman–Crippen LogP) is 0.714. The molecular formula is C10H19N3O3S2. The fourth-order valence-electron chi connectivity index (χ4n) is 1.47. The van der Waals surface area contributed by atoms with Crippen LogP contribution in [0.4, 0.5) is 0 Å². The van der Waals surface area contributed by atoms with E-state index in [0.29, 0.717) is 6.54 Å². The number of H-pyrrole nitrogens is 1. The lowest BCUT2D eigenvalue weighted by Gasteiger charge is -2.06. The molecule has 0 spiro atoms. The van der Waals surface area contributed by atoms with Crippen molar-refractivity contribution in [2.45, 2.75) is 30.9 Å². The van der Waals surface area contributed by atoms with Gasteiger partial charge >= 0.3 is 0 Å². The summed E-state index contributed by atoms with van der Waals surface area (Å²) in [4.78, 5) is 0. The molecule has 0 aliphatic carbocycles. The quantitative estimate of drug-likeness (QED) is 0.583. The lowest BCUT2D eigenvalue weighted by atomic mass is 10.2. The molecule has 0 aliphatic heterocycles. The fourth-order valence-corrected chi connectivity index (χ4v) is 3.16. The first kappa shape index (κ1) is 15.5. The first-order valence-electron chi connectivity index (χ1n) is 5.73. The van der Waals surface area contributed by atoms with E-state index in [2.05, 4.69) is 21.2 Å². The number of aliphatic hydroxyl groups is 1. The van der Waals surface area contributed by atoms with Gasteiger partial charge < -0.3 is 5.11 Å². The minimum absolute atomic E-state index is 0.0471. The maximum absolute atomic E-state index is 11.9. The maximum atomic E-state index is 11.9. The van der Waals surface area contributed by atoms with Crippen molar-refractivity contribution in [3.63, 3.8) is 0 Å². The summed E-state index contributed by atoms with van der Waals surface area (Å²) in [6, 6.07) is 0. The van der Waals surface area contributed by atoms with Gasteiger partial charge in [0.25, 0.3) is 10.0 Å². The molecule has 1 rings (SSSR count). The van der Waals surface area contributed by atoms with E-state index in [-0.39, 0.29) is 17.2 Å². The molecule has 0 amide bonds. The Morgan fingerprint density at radius 2 is 2.22 bits per heavy atom. The molecule has 0 saturated heterocycles. The standard InChI is InChI=1S/C10H19N3O3S2/c1-17-6-4-2-3-5-12-18(15,16)10-9(8-14)7-11-13-10/h7,12,14H,2-6,8H2,1H3,(H,11,13). The Labute approximate surface area is 112 Å². The van der Waals surface area contributed by atoms with Crippen molar-refractivity contribution in [2.75, 3.05) is 18.6 Å². The molecule has 0 atom stereocenters. The molecule has 1 heterocycles. The van der Waals surface area contributed by atoms with Gasteiger partial charge in [-0.2, -0.15) is 16.9 Å². The zero-order chi connectivity index (χ0) is 13.4. The number of aliphatic hydroxyl groups excluding tert-OH is 1. The van der Waals surface area contributed by atoms with Crippen LogP contribution in [0.25, 0.3) is 0 Å². The van der Waals surface area contributed by atoms with Crippen LogP contribution in [0.2, 0.25) is 0 Å². The Balaban J connectivity index is 2.41. The third-order valence-electron chi connectivity index (χ3n) is 2.43. The molecule has 18 heavy (non-hydrogen) atoms. The summed E-state index contributed by atoms with van der Waals surface area (Å²) in [5, 5.41) is 15.0. The molecule has 0 aliphatic rings. The van der Waals surface area contributed by atoms with Crippen LogP contribution in [-0.4, -0.2) is 42.3 Å². The van der Waals surface area contributed by atoms with Crippen molar-refractivity contribution in [1.82, 2.24) is 14.9 Å². The number of thioether (sulfide) groups is 1. The highest BCUT2D eigenvalue weighted by atomic mass is 32.2. The molecule has 0 unspecified atom stereocenters. The van der Waals surface area contributed by atoms with Crippen molar-refractivity contribution in [1.29, 1.82) is 0 Å². The Bertz CT molecular complexity index is 445. The van der Waals surface area contributed by atoms with Crippen LogP contribution in [0, 0.1) is 0 Å². The molecule has 0 radical (unpaired) electrons. The van der Waals surface area contributed by atoms with Crippen molar-refractivity contribution >= 4 is 21.8 Å². The van der Waals surface area contributed by atoms with Crippen LogP contribution in [0.1, 0.15) is 24.8 Å². The third kappa shape index (κ3) is 4.60. The van der Waals surface area contributed by atoms with Gasteiger partial charge in [0.05, 0.1) is 12.8 Å². The number of hydrogen-bond donors (Lipinski definition) is 3. The van der Waals surface area contributed by atoms with E-state index < -0.39 is 10.0 Å². The van der Waals surface area contributed by atoms with Gasteiger partial charge in [-0.3, -0.25) is 5.10 Å². The first-order chi connectivity index (χ1) is 8.61. The predicted molar refractivity (Wildman–Crippen MR) is 71.9 cm³/mol. The second-order valence-electron chi connectivity index (χ2n) is 3.83. The van der Waals surface area contributed by atoms with E-state index in [4.69, 9.17) is 5.11 Å². The van der Waals surface area contributed by atoms with Gasteiger partial charge in [-0.15, -0.1) is 0 Å². The monoisotopic (exact) mass is 293 g/mol. The molecule has 0 bridgehead atoms. The first-order valence-corrected chi connectivity index (χ1v) is 8.61. The average Bonchev–Trinajstić information content (AvgIpc) is 2.82. The number of hydrogen-bond acceptors (Lipinski definition) is 5. The van der Waals surface area contributed by atoms with E-state index in [9.17, 15) is 8.42 Å². The molecule has 0 saturated carbocycles. The SMILES string of the molecule is CSCCCCCNS(=O)(=O)c1[nH]ncc1CO. The second kappa shape index (κ2) is 7.78. The highest BCUT2D eigenvalue weighted by Gasteiger charge is 2.19. The van der Waals surface area contributed by atoms with Crippen LogP contribution >= 0.6 is 11.8 Å². The summed E-state index contributed by atoms with van der Waals surface area (Å²) in [5.74, 6) is 1.10. The summed E-state index contributed by atoms with van der Waals surface area (Å²) in [5.41, 5.74) is 0.282. The molecule has 104 valence electrons. The van der Waals surface area contributed by atoms with Gasteiger partial charge in [0.2, 0.25) is 0 Å². The number of aromatic amines is 1.